The second-order valence-electron chi connectivity index (χ2n) is 5.87. The minimum Gasteiger partial charge on any atom is -0.324 e. The van der Waals surface area contributed by atoms with Crippen LogP contribution in [0.5, 0.6) is 0 Å². The van der Waals surface area contributed by atoms with Crippen molar-refractivity contribution in [2.45, 2.75) is 6.54 Å². The number of anilines is 2. The molecule has 3 aromatic heterocycles. The van der Waals surface area contributed by atoms with Gasteiger partial charge >= 0.3 is 0 Å². The molecule has 4 aromatic rings. The Morgan fingerprint density at radius 2 is 1.96 bits per heavy atom. The summed E-state index contributed by atoms with van der Waals surface area (Å²) < 4.78 is 16.5. The summed E-state index contributed by atoms with van der Waals surface area (Å²) in [5.41, 5.74) is 0.711. The highest BCUT2D eigenvalue weighted by Crippen LogP contribution is 2.19. The maximum atomic E-state index is 13.7. The van der Waals surface area contributed by atoms with Gasteiger partial charge in [-0.1, -0.05) is 23.7 Å². The molecule has 0 saturated heterocycles. The zero-order chi connectivity index (χ0) is 19.7. The summed E-state index contributed by atoms with van der Waals surface area (Å²) in [5, 5.41) is 3.95. The normalized spacial score (nSPS) is 10.9. The maximum absolute atomic E-state index is 13.7. The molecule has 0 amide bonds. The molecule has 7 nitrogen and oxygen atoms in total. The van der Waals surface area contributed by atoms with E-state index >= 15 is 0 Å². The molecular formula is C19H14ClFN6O. The average Bonchev–Trinajstić information content (AvgIpc) is 2.95. The molecule has 4 rings (SSSR count). The molecule has 1 aromatic carbocycles. The Morgan fingerprint density at radius 3 is 2.68 bits per heavy atom. The quantitative estimate of drug-likeness (QED) is 0.411. The van der Waals surface area contributed by atoms with E-state index in [0.29, 0.717) is 10.7 Å². The minimum absolute atomic E-state index is 0.202. The standard InChI is InChI=1S/C19H14ClFN6O/c1-2-10-26-18(28)14-11-22-19(23-13-8-6-12(20)7-9-13)25-17(14)27(26)16-5-3-4-15(21)24-16/h2-9,11H,1,10H2,(H,22,23,25). The van der Waals surface area contributed by atoms with E-state index in [4.69, 9.17) is 11.6 Å². The summed E-state index contributed by atoms with van der Waals surface area (Å²) in [5.74, 6) is -0.161. The first-order chi connectivity index (χ1) is 13.6. The van der Waals surface area contributed by atoms with Crippen LogP contribution in [0.25, 0.3) is 16.9 Å². The van der Waals surface area contributed by atoms with Crippen molar-refractivity contribution in [2.75, 3.05) is 5.32 Å². The van der Waals surface area contributed by atoms with Crippen LogP contribution in [-0.2, 0) is 6.54 Å². The Labute approximate surface area is 163 Å². The number of aromatic nitrogens is 5. The van der Waals surface area contributed by atoms with Crippen molar-refractivity contribution in [3.05, 3.63) is 82.6 Å². The number of fused-ring (bicyclic) bond motifs is 1. The molecule has 0 atom stereocenters. The Morgan fingerprint density at radius 1 is 1.18 bits per heavy atom. The number of rotatable bonds is 5. The zero-order valence-electron chi connectivity index (χ0n) is 14.5. The highest BCUT2D eigenvalue weighted by atomic mass is 35.5. The summed E-state index contributed by atoms with van der Waals surface area (Å²) in [7, 11) is 0. The second-order valence-corrected chi connectivity index (χ2v) is 6.31. The van der Waals surface area contributed by atoms with Crippen LogP contribution in [0.3, 0.4) is 0 Å². The van der Waals surface area contributed by atoms with Crippen LogP contribution < -0.4 is 10.9 Å². The van der Waals surface area contributed by atoms with Crippen molar-refractivity contribution in [3.8, 4) is 5.82 Å². The third kappa shape index (κ3) is 3.25. The van der Waals surface area contributed by atoms with Gasteiger partial charge in [0.05, 0.1) is 6.54 Å². The predicted molar refractivity (Wildman–Crippen MR) is 106 cm³/mol. The highest BCUT2D eigenvalue weighted by Gasteiger charge is 2.18. The zero-order valence-corrected chi connectivity index (χ0v) is 15.3. The first-order valence-electron chi connectivity index (χ1n) is 8.32. The molecule has 0 spiro atoms. The van der Waals surface area contributed by atoms with Crippen LogP contribution in [0, 0.1) is 5.95 Å². The molecule has 0 radical (unpaired) electrons. The average molecular weight is 397 g/mol. The van der Waals surface area contributed by atoms with E-state index in [-0.39, 0.29) is 29.3 Å². The molecule has 9 heteroatoms. The van der Waals surface area contributed by atoms with Gasteiger partial charge in [0.2, 0.25) is 11.9 Å². The molecule has 0 aliphatic carbocycles. The Kier molecular flexibility index (Phi) is 4.62. The van der Waals surface area contributed by atoms with E-state index < -0.39 is 5.95 Å². The van der Waals surface area contributed by atoms with Gasteiger partial charge in [-0.05, 0) is 36.4 Å². The van der Waals surface area contributed by atoms with Gasteiger partial charge in [-0.2, -0.15) is 9.37 Å². The molecule has 0 fully saturated rings. The lowest BCUT2D eigenvalue weighted by Crippen LogP contribution is -2.22. The molecular weight excluding hydrogens is 383 g/mol. The second kappa shape index (κ2) is 7.24. The lowest BCUT2D eigenvalue weighted by atomic mass is 10.3. The largest absolute Gasteiger partial charge is 0.324 e. The van der Waals surface area contributed by atoms with Crippen molar-refractivity contribution in [1.82, 2.24) is 24.3 Å². The molecule has 28 heavy (non-hydrogen) atoms. The van der Waals surface area contributed by atoms with E-state index in [1.54, 1.807) is 36.4 Å². The lowest BCUT2D eigenvalue weighted by Gasteiger charge is -2.10. The number of hydrogen-bond acceptors (Lipinski definition) is 5. The molecule has 3 heterocycles. The monoisotopic (exact) mass is 396 g/mol. The molecule has 1 N–H and O–H groups in total. The number of allylic oxidation sites excluding steroid dienone is 1. The van der Waals surface area contributed by atoms with Gasteiger partial charge in [0.1, 0.15) is 5.39 Å². The number of nitrogens with one attached hydrogen (secondary N) is 1. The van der Waals surface area contributed by atoms with Crippen LogP contribution in [0.4, 0.5) is 16.0 Å². The van der Waals surface area contributed by atoms with Gasteiger partial charge in [0, 0.05) is 16.9 Å². The lowest BCUT2D eigenvalue weighted by molar-refractivity contribution is 0.556. The van der Waals surface area contributed by atoms with Gasteiger partial charge in [0.25, 0.3) is 5.56 Å². The molecule has 0 aliphatic rings. The molecule has 0 unspecified atom stereocenters. The fraction of sp³-hybridized carbons (Fsp3) is 0.0526. The number of hydrogen-bond donors (Lipinski definition) is 1. The smallest absolute Gasteiger partial charge is 0.278 e. The molecule has 140 valence electrons. The van der Waals surface area contributed by atoms with Gasteiger partial charge < -0.3 is 5.32 Å². The maximum Gasteiger partial charge on any atom is 0.278 e. The van der Waals surface area contributed by atoms with E-state index in [2.05, 4.69) is 26.8 Å². The number of nitrogens with zero attached hydrogens (tertiary/aromatic N) is 5. The fourth-order valence-electron chi connectivity index (χ4n) is 2.79. The molecule has 0 saturated carbocycles. The van der Waals surface area contributed by atoms with E-state index in [9.17, 15) is 9.18 Å². The van der Waals surface area contributed by atoms with Crippen LogP contribution in [0.2, 0.25) is 5.02 Å². The third-order valence-electron chi connectivity index (χ3n) is 4.00. The summed E-state index contributed by atoms with van der Waals surface area (Å²) in [6, 6.07) is 11.4. The summed E-state index contributed by atoms with van der Waals surface area (Å²) >= 11 is 5.90. The Hall–Kier alpha value is -3.52. The topological polar surface area (TPSA) is 77.6 Å². The van der Waals surface area contributed by atoms with Gasteiger partial charge in [-0.15, -0.1) is 6.58 Å². The SMILES string of the molecule is C=CCn1c(=O)c2cnc(Nc3ccc(Cl)cc3)nc2n1-c1cccc(F)n1. The summed E-state index contributed by atoms with van der Waals surface area (Å²) in [6.07, 6.45) is 2.99. The first-order valence-corrected chi connectivity index (χ1v) is 8.69. The van der Waals surface area contributed by atoms with E-state index in [1.165, 1.54) is 27.7 Å². The van der Waals surface area contributed by atoms with Gasteiger partial charge in [-0.25, -0.2) is 19.3 Å². The van der Waals surface area contributed by atoms with E-state index in [0.717, 1.165) is 5.69 Å². The fourth-order valence-corrected chi connectivity index (χ4v) is 2.91. The van der Waals surface area contributed by atoms with Gasteiger partial charge in [0.15, 0.2) is 11.5 Å². The van der Waals surface area contributed by atoms with Crippen LogP contribution in [-0.4, -0.2) is 24.3 Å². The Bertz CT molecular complexity index is 1230. The Balaban J connectivity index is 1.89. The van der Waals surface area contributed by atoms with Crippen molar-refractivity contribution >= 4 is 34.3 Å². The molecule has 0 aliphatic heterocycles. The van der Waals surface area contributed by atoms with Crippen molar-refractivity contribution < 1.29 is 4.39 Å². The van der Waals surface area contributed by atoms with Crippen molar-refractivity contribution in [2.24, 2.45) is 0 Å². The number of benzene rings is 1. The number of halogens is 2. The number of pyridine rings is 1. The summed E-state index contributed by atoms with van der Waals surface area (Å²) in [6.45, 7) is 3.88. The first kappa shape index (κ1) is 17.9. The van der Waals surface area contributed by atoms with Gasteiger partial charge in [-0.3, -0.25) is 4.79 Å². The van der Waals surface area contributed by atoms with Crippen LogP contribution in [0.1, 0.15) is 0 Å². The summed E-state index contributed by atoms with van der Waals surface area (Å²) in [4.78, 5) is 25.3. The highest BCUT2D eigenvalue weighted by molar-refractivity contribution is 6.30. The van der Waals surface area contributed by atoms with Crippen molar-refractivity contribution in [1.29, 1.82) is 0 Å². The predicted octanol–water partition coefficient (Wildman–Crippen LogP) is 3.70. The molecule has 0 bridgehead atoms. The van der Waals surface area contributed by atoms with Crippen molar-refractivity contribution in [3.63, 3.8) is 0 Å². The van der Waals surface area contributed by atoms with Crippen LogP contribution in [0.15, 0.2) is 66.1 Å². The minimum atomic E-state index is -0.662. The van der Waals surface area contributed by atoms with Crippen LogP contribution >= 0.6 is 11.6 Å². The third-order valence-corrected chi connectivity index (χ3v) is 4.25. The van der Waals surface area contributed by atoms with E-state index in [1.807, 2.05) is 0 Å².